The van der Waals surface area contributed by atoms with Crippen LogP contribution in [0.5, 0.6) is 0 Å². The highest BCUT2D eigenvalue weighted by molar-refractivity contribution is 5.94. The Bertz CT molecular complexity index is 608. The number of amides is 2. The second-order valence-electron chi connectivity index (χ2n) is 7.87. The SMILES string of the molecule is CCC1CCCCN1C(=O)C1CCC(C(=O)N(C)c2ccccc2)CC1. The second-order valence-corrected chi connectivity index (χ2v) is 7.87. The second kappa shape index (κ2) is 8.70. The molecule has 1 saturated heterocycles. The van der Waals surface area contributed by atoms with Gasteiger partial charge in [0.1, 0.15) is 0 Å². The predicted octanol–water partition coefficient (Wildman–Crippen LogP) is 4.25. The van der Waals surface area contributed by atoms with Gasteiger partial charge in [0.15, 0.2) is 0 Å². The fourth-order valence-corrected chi connectivity index (χ4v) is 4.59. The molecule has 1 unspecified atom stereocenters. The topological polar surface area (TPSA) is 40.6 Å². The summed E-state index contributed by atoms with van der Waals surface area (Å²) in [6.07, 6.45) is 7.95. The largest absolute Gasteiger partial charge is 0.339 e. The van der Waals surface area contributed by atoms with Gasteiger partial charge in [-0.25, -0.2) is 0 Å². The van der Waals surface area contributed by atoms with Gasteiger partial charge in [-0.15, -0.1) is 0 Å². The van der Waals surface area contributed by atoms with Crippen LogP contribution in [0.1, 0.15) is 58.3 Å². The summed E-state index contributed by atoms with van der Waals surface area (Å²) in [6.45, 7) is 3.11. The lowest BCUT2D eigenvalue weighted by Crippen LogP contribution is -2.47. The third kappa shape index (κ3) is 4.11. The first-order chi connectivity index (χ1) is 12.6. The van der Waals surface area contributed by atoms with Crippen LogP contribution in [0.2, 0.25) is 0 Å². The number of piperidine rings is 1. The van der Waals surface area contributed by atoms with Crippen LogP contribution in [-0.4, -0.2) is 36.3 Å². The number of anilines is 1. The molecule has 2 aliphatic rings. The Morgan fingerprint density at radius 1 is 1.00 bits per heavy atom. The standard InChI is InChI=1S/C22H32N2O2/c1-3-19-9-7-8-16-24(19)22(26)18-14-12-17(13-15-18)21(25)23(2)20-10-5-4-6-11-20/h4-6,10-11,17-19H,3,7-9,12-16H2,1-2H3. The molecular weight excluding hydrogens is 324 g/mol. The fourth-order valence-electron chi connectivity index (χ4n) is 4.59. The zero-order valence-corrected chi connectivity index (χ0v) is 16.2. The summed E-state index contributed by atoms with van der Waals surface area (Å²) in [5.74, 6) is 0.700. The Morgan fingerprint density at radius 2 is 1.65 bits per heavy atom. The van der Waals surface area contributed by atoms with Crippen LogP contribution >= 0.6 is 0 Å². The first-order valence-electron chi connectivity index (χ1n) is 10.2. The summed E-state index contributed by atoms with van der Waals surface area (Å²) in [4.78, 5) is 29.7. The zero-order valence-electron chi connectivity index (χ0n) is 16.2. The molecule has 2 fully saturated rings. The molecule has 4 nitrogen and oxygen atoms in total. The van der Waals surface area contributed by atoms with Crippen LogP contribution in [0.3, 0.4) is 0 Å². The molecule has 0 radical (unpaired) electrons. The first-order valence-corrected chi connectivity index (χ1v) is 10.2. The summed E-state index contributed by atoms with van der Waals surface area (Å²) in [5.41, 5.74) is 0.940. The minimum atomic E-state index is 0.0487. The highest BCUT2D eigenvalue weighted by atomic mass is 16.2. The lowest BCUT2D eigenvalue weighted by molar-refractivity contribution is -0.141. The number of nitrogens with zero attached hydrogens (tertiary/aromatic N) is 2. The van der Waals surface area contributed by atoms with Crippen molar-refractivity contribution in [1.29, 1.82) is 0 Å². The minimum absolute atomic E-state index is 0.0487. The van der Waals surface area contributed by atoms with E-state index in [2.05, 4.69) is 11.8 Å². The Morgan fingerprint density at radius 3 is 2.31 bits per heavy atom. The van der Waals surface area contributed by atoms with Crippen molar-refractivity contribution in [2.45, 2.75) is 64.3 Å². The maximum absolute atomic E-state index is 13.0. The number of likely N-dealkylation sites (tertiary alicyclic amines) is 1. The molecular formula is C22H32N2O2. The Hall–Kier alpha value is -1.84. The van der Waals surface area contributed by atoms with Gasteiger partial charge in [-0.2, -0.15) is 0 Å². The number of hydrogen-bond donors (Lipinski definition) is 0. The highest BCUT2D eigenvalue weighted by Gasteiger charge is 2.35. The van der Waals surface area contributed by atoms with E-state index in [0.29, 0.717) is 11.9 Å². The molecule has 0 N–H and O–H groups in total. The molecule has 4 heteroatoms. The quantitative estimate of drug-likeness (QED) is 0.809. The third-order valence-electron chi connectivity index (χ3n) is 6.28. The van der Waals surface area contributed by atoms with Crippen molar-refractivity contribution in [3.05, 3.63) is 30.3 Å². The smallest absolute Gasteiger partial charge is 0.229 e. The van der Waals surface area contributed by atoms with E-state index in [-0.39, 0.29) is 17.7 Å². The molecule has 2 amide bonds. The fraction of sp³-hybridized carbons (Fsp3) is 0.636. The number of carbonyl (C=O) groups excluding carboxylic acids is 2. The molecule has 1 heterocycles. The van der Waals surface area contributed by atoms with E-state index < -0.39 is 0 Å². The van der Waals surface area contributed by atoms with E-state index >= 15 is 0 Å². The van der Waals surface area contributed by atoms with E-state index in [1.807, 2.05) is 37.4 Å². The monoisotopic (exact) mass is 356 g/mol. The van der Waals surface area contributed by atoms with E-state index in [4.69, 9.17) is 0 Å². The van der Waals surface area contributed by atoms with Crippen LogP contribution in [0, 0.1) is 11.8 Å². The maximum atomic E-state index is 13.0. The van der Waals surface area contributed by atoms with Gasteiger partial charge in [0.25, 0.3) is 0 Å². The molecule has 1 aromatic rings. The minimum Gasteiger partial charge on any atom is -0.339 e. The Labute approximate surface area is 157 Å². The maximum Gasteiger partial charge on any atom is 0.229 e. The highest BCUT2D eigenvalue weighted by Crippen LogP contribution is 2.33. The molecule has 3 rings (SSSR count). The first kappa shape index (κ1) is 18.9. The van der Waals surface area contributed by atoms with Crippen molar-refractivity contribution in [3.63, 3.8) is 0 Å². The van der Waals surface area contributed by atoms with E-state index in [1.165, 1.54) is 6.42 Å². The molecule has 0 aromatic heterocycles. The Kier molecular flexibility index (Phi) is 6.33. The van der Waals surface area contributed by atoms with Crippen molar-refractivity contribution in [3.8, 4) is 0 Å². The average Bonchev–Trinajstić information content (AvgIpc) is 2.73. The molecule has 26 heavy (non-hydrogen) atoms. The van der Waals surface area contributed by atoms with E-state index in [1.54, 1.807) is 4.90 Å². The van der Waals surface area contributed by atoms with Crippen molar-refractivity contribution in [1.82, 2.24) is 4.90 Å². The zero-order chi connectivity index (χ0) is 18.5. The van der Waals surface area contributed by atoms with Gasteiger partial charge in [0, 0.05) is 37.2 Å². The van der Waals surface area contributed by atoms with E-state index in [0.717, 1.165) is 57.2 Å². The average molecular weight is 357 g/mol. The molecule has 1 aliphatic heterocycles. The summed E-state index contributed by atoms with van der Waals surface area (Å²) < 4.78 is 0. The number of benzene rings is 1. The van der Waals surface area contributed by atoms with Crippen LogP contribution in [-0.2, 0) is 9.59 Å². The molecule has 1 aromatic carbocycles. The van der Waals surface area contributed by atoms with Crippen LogP contribution in [0.15, 0.2) is 30.3 Å². The Balaban J connectivity index is 1.55. The molecule has 1 aliphatic carbocycles. The number of para-hydroxylation sites is 1. The van der Waals surface area contributed by atoms with Crippen molar-refractivity contribution in [2.75, 3.05) is 18.5 Å². The van der Waals surface area contributed by atoms with Crippen molar-refractivity contribution < 1.29 is 9.59 Å². The van der Waals surface area contributed by atoms with Crippen molar-refractivity contribution in [2.24, 2.45) is 11.8 Å². The molecule has 0 bridgehead atoms. The molecule has 142 valence electrons. The van der Waals surface area contributed by atoms with Crippen molar-refractivity contribution >= 4 is 17.5 Å². The summed E-state index contributed by atoms with van der Waals surface area (Å²) in [7, 11) is 1.86. The van der Waals surface area contributed by atoms with Gasteiger partial charge in [0.05, 0.1) is 0 Å². The normalized spacial score (nSPS) is 26.4. The van der Waals surface area contributed by atoms with E-state index in [9.17, 15) is 9.59 Å². The summed E-state index contributed by atoms with van der Waals surface area (Å²) >= 11 is 0. The lowest BCUT2D eigenvalue weighted by Gasteiger charge is -2.39. The van der Waals surface area contributed by atoms with Gasteiger partial charge >= 0.3 is 0 Å². The van der Waals surface area contributed by atoms with Crippen LogP contribution in [0.4, 0.5) is 5.69 Å². The number of carbonyl (C=O) groups is 2. The van der Waals surface area contributed by atoms with Gasteiger partial charge in [-0.1, -0.05) is 25.1 Å². The van der Waals surface area contributed by atoms with Gasteiger partial charge in [0.2, 0.25) is 11.8 Å². The number of hydrogen-bond acceptors (Lipinski definition) is 2. The number of rotatable bonds is 4. The van der Waals surface area contributed by atoms with Gasteiger partial charge in [-0.3, -0.25) is 9.59 Å². The molecule has 0 spiro atoms. The molecule has 1 atom stereocenters. The van der Waals surface area contributed by atoms with Crippen LogP contribution in [0.25, 0.3) is 0 Å². The summed E-state index contributed by atoms with van der Waals surface area (Å²) in [5, 5.41) is 0. The van der Waals surface area contributed by atoms with Gasteiger partial charge < -0.3 is 9.80 Å². The third-order valence-corrected chi connectivity index (χ3v) is 6.28. The molecule has 1 saturated carbocycles. The predicted molar refractivity (Wildman–Crippen MR) is 105 cm³/mol. The summed E-state index contributed by atoms with van der Waals surface area (Å²) in [6, 6.07) is 10.2. The van der Waals surface area contributed by atoms with Crippen LogP contribution < -0.4 is 4.90 Å². The van der Waals surface area contributed by atoms with Gasteiger partial charge in [-0.05, 0) is 63.5 Å². The lowest BCUT2D eigenvalue weighted by atomic mass is 9.80.